The van der Waals surface area contributed by atoms with Crippen molar-refractivity contribution in [3.8, 4) is 0 Å². The standard InChI is InChI=1S/C21H33N3O5S2/c1-16-6-8-17(9-7-16)31(27,28)22-18(10-15-30-5)19(25)23-11-13-24(14-12-23)20(26)29-21(2,3)4/h6-9,18,22H,10-15H2,1-5H3. The van der Waals surface area contributed by atoms with Crippen LogP contribution in [0.1, 0.15) is 32.8 Å². The molecule has 2 amide bonds. The Morgan fingerprint density at radius 2 is 1.65 bits per heavy atom. The van der Waals surface area contributed by atoms with Crippen LogP contribution >= 0.6 is 11.8 Å². The molecular weight excluding hydrogens is 438 g/mol. The van der Waals surface area contributed by atoms with Crippen molar-refractivity contribution in [3.63, 3.8) is 0 Å². The van der Waals surface area contributed by atoms with E-state index in [-0.39, 0.29) is 10.8 Å². The monoisotopic (exact) mass is 471 g/mol. The summed E-state index contributed by atoms with van der Waals surface area (Å²) < 4.78 is 33.6. The maximum Gasteiger partial charge on any atom is 0.410 e. The Morgan fingerprint density at radius 3 is 2.16 bits per heavy atom. The molecule has 0 saturated carbocycles. The minimum Gasteiger partial charge on any atom is -0.444 e. The number of thioether (sulfide) groups is 1. The van der Waals surface area contributed by atoms with E-state index in [9.17, 15) is 18.0 Å². The molecule has 10 heteroatoms. The maximum atomic E-state index is 13.1. The van der Waals surface area contributed by atoms with Crippen molar-refractivity contribution in [1.82, 2.24) is 14.5 Å². The van der Waals surface area contributed by atoms with Crippen LogP contribution < -0.4 is 4.72 Å². The largest absolute Gasteiger partial charge is 0.444 e. The summed E-state index contributed by atoms with van der Waals surface area (Å²) >= 11 is 1.55. The number of rotatable bonds is 7. The predicted molar refractivity (Wildman–Crippen MR) is 123 cm³/mol. The van der Waals surface area contributed by atoms with E-state index in [1.54, 1.807) is 54.5 Å². The molecule has 1 saturated heterocycles. The molecule has 1 aromatic rings. The molecule has 0 bridgehead atoms. The van der Waals surface area contributed by atoms with Gasteiger partial charge in [-0.25, -0.2) is 13.2 Å². The van der Waals surface area contributed by atoms with Crippen LogP contribution in [0.4, 0.5) is 4.79 Å². The molecule has 1 unspecified atom stereocenters. The lowest BCUT2D eigenvalue weighted by molar-refractivity contribution is -0.134. The SMILES string of the molecule is CSCCC(NS(=O)(=O)c1ccc(C)cc1)C(=O)N1CCN(C(=O)OC(C)(C)C)CC1. The number of aryl methyl sites for hydroxylation is 1. The fourth-order valence-electron chi connectivity index (χ4n) is 3.10. The second kappa shape index (κ2) is 10.7. The van der Waals surface area contributed by atoms with Gasteiger partial charge >= 0.3 is 6.09 Å². The zero-order valence-electron chi connectivity index (χ0n) is 18.9. The number of hydrogen-bond donors (Lipinski definition) is 1. The molecule has 1 aliphatic heterocycles. The molecule has 8 nitrogen and oxygen atoms in total. The summed E-state index contributed by atoms with van der Waals surface area (Å²) in [5.74, 6) is 0.374. The molecule has 1 atom stereocenters. The molecular formula is C21H33N3O5S2. The number of carbonyl (C=O) groups excluding carboxylic acids is 2. The summed E-state index contributed by atoms with van der Waals surface area (Å²) in [4.78, 5) is 28.7. The van der Waals surface area contributed by atoms with E-state index in [0.717, 1.165) is 5.56 Å². The highest BCUT2D eigenvalue weighted by atomic mass is 32.2. The van der Waals surface area contributed by atoms with Gasteiger partial charge in [-0.2, -0.15) is 16.5 Å². The highest BCUT2D eigenvalue weighted by Crippen LogP contribution is 2.16. The molecule has 0 aliphatic carbocycles. The topological polar surface area (TPSA) is 96.0 Å². The van der Waals surface area contributed by atoms with E-state index in [2.05, 4.69) is 4.72 Å². The van der Waals surface area contributed by atoms with Crippen molar-refractivity contribution in [3.05, 3.63) is 29.8 Å². The van der Waals surface area contributed by atoms with E-state index in [1.807, 2.05) is 13.2 Å². The molecule has 0 aromatic heterocycles. The Labute approximate surface area is 189 Å². The second-order valence-corrected chi connectivity index (χ2v) is 11.3. The van der Waals surface area contributed by atoms with Gasteiger partial charge in [-0.1, -0.05) is 17.7 Å². The molecule has 0 radical (unpaired) electrons. The third-order valence-corrected chi connectivity index (χ3v) is 6.91. The van der Waals surface area contributed by atoms with E-state index >= 15 is 0 Å². The summed E-state index contributed by atoms with van der Waals surface area (Å²) in [5, 5.41) is 0. The van der Waals surface area contributed by atoms with Crippen LogP contribution in [0.2, 0.25) is 0 Å². The number of hydrogen-bond acceptors (Lipinski definition) is 6. The van der Waals surface area contributed by atoms with E-state index in [0.29, 0.717) is 38.4 Å². The van der Waals surface area contributed by atoms with Crippen LogP contribution in [0.5, 0.6) is 0 Å². The fourth-order valence-corrected chi connectivity index (χ4v) is 4.79. The summed E-state index contributed by atoms with van der Waals surface area (Å²) in [6.45, 7) is 8.66. The second-order valence-electron chi connectivity index (χ2n) is 8.56. The van der Waals surface area contributed by atoms with Gasteiger partial charge in [0.25, 0.3) is 0 Å². The van der Waals surface area contributed by atoms with Crippen LogP contribution in [0, 0.1) is 6.92 Å². The highest BCUT2D eigenvalue weighted by Gasteiger charge is 2.32. The number of ether oxygens (including phenoxy) is 1. The first-order valence-corrected chi connectivity index (χ1v) is 13.2. The molecule has 1 fully saturated rings. The number of sulfonamides is 1. The zero-order chi connectivity index (χ0) is 23.2. The van der Waals surface area contributed by atoms with Gasteiger partial charge in [0.15, 0.2) is 0 Å². The Kier molecular flexibility index (Phi) is 8.79. The number of nitrogens with zero attached hydrogens (tertiary/aromatic N) is 2. The van der Waals surface area contributed by atoms with Crippen LogP contribution in [0.25, 0.3) is 0 Å². The minimum absolute atomic E-state index is 0.134. The van der Waals surface area contributed by atoms with Crippen molar-refractivity contribution < 1.29 is 22.7 Å². The number of piperazine rings is 1. The fraction of sp³-hybridized carbons (Fsp3) is 0.619. The van der Waals surface area contributed by atoms with E-state index in [1.165, 1.54) is 12.1 Å². The van der Waals surface area contributed by atoms with Gasteiger partial charge in [-0.3, -0.25) is 4.79 Å². The minimum atomic E-state index is -3.83. The van der Waals surface area contributed by atoms with Crippen LogP contribution in [-0.4, -0.2) is 80.0 Å². The van der Waals surface area contributed by atoms with Gasteiger partial charge in [0, 0.05) is 26.2 Å². The van der Waals surface area contributed by atoms with Crippen molar-refractivity contribution in [2.75, 3.05) is 38.2 Å². The lowest BCUT2D eigenvalue weighted by atomic mass is 10.2. The molecule has 31 heavy (non-hydrogen) atoms. The lowest BCUT2D eigenvalue weighted by Crippen LogP contribution is -2.56. The third kappa shape index (κ3) is 7.69. The normalized spacial score (nSPS) is 16.2. The molecule has 2 rings (SSSR count). The summed E-state index contributed by atoms with van der Waals surface area (Å²) in [6, 6.07) is 5.67. The number of carbonyl (C=O) groups is 2. The molecule has 1 N–H and O–H groups in total. The van der Waals surface area contributed by atoms with Crippen LogP contribution in [-0.2, 0) is 19.6 Å². The van der Waals surface area contributed by atoms with Gasteiger partial charge in [0.1, 0.15) is 11.6 Å². The molecule has 1 aliphatic rings. The average molecular weight is 472 g/mol. The quantitative estimate of drug-likeness (QED) is 0.656. The van der Waals surface area contributed by atoms with Gasteiger partial charge in [0.2, 0.25) is 15.9 Å². The predicted octanol–water partition coefficient (Wildman–Crippen LogP) is 2.47. The first-order chi connectivity index (χ1) is 14.4. The molecule has 1 heterocycles. The summed E-state index contributed by atoms with van der Waals surface area (Å²) in [7, 11) is -3.83. The Hall–Kier alpha value is -1.78. The number of benzene rings is 1. The van der Waals surface area contributed by atoms with Gasteiger partial charge in [0.05, 0.1) is 4.90 Å². The number of amides is 2. The van der Waals surface area contributed by atoms with Crippen molar-refractivity contribution in [2.45, 2.75) is 50.7 Å². The summed E-state index contributed by atoms with van der Waals surface area (Å²) in [5.41, 5.74) is 0.373. The first-order valence-electron chi connectivity index (χ1n) is 10.3. The van der Waals surface area contributed by atoms with Crippen molar-refractivity contribution in [1.29, 1.82) is 0 Å². The Balaban J connectivity index is 2.05. The van der Waals surface area contributed by atoms with Crippen LogP contribution in [0.3, 0.4) is 0 Å². The highest BCUT2D eigenvalue weighted by molar-refractivity contribution is 7.98. The van der Waals surface area contributed by atoms with Gasteiger partial charge < -0.3 is 14.5 Å². The number of nitrogens with one attached hydrogen (secondary N) is 1. The average Bonchev–Trinajstić information content (AvgIpc) is 2.69. The maximum absolute atomic E-state index is 13.1. The Morgan fingerprint density at radius 1 is 1.10 bits per heavy atom. The van der Waals surface area contributed by atoms with E-state index < -0.39 is 27.8 Å². The van der Waals surface area contributed by atoms with Gasteiger partial charge in [-0.05, 0) is 58.3 Å². The zero-order valence-corrected chi connectivity index (χ0v) is 20.5. The molecule has 1 aromatic carbocycles. The van der Waals surface area contributed by atoms with E-state index in [4.69, 9.17) is 4.74 Å². The first kappa shape index (κ1) is 25.5. The van der Waals surface area contributed by atoms with Crippen molar-refractivity contribution in [2.24, 2.45) is 0 Å². The molecule has 174 valence electrons. The van der Waals surface area contributed by atoms with Crippen molar-refractivity contribution >= 4 is 33.8 Å². The lowest BCUT2D eigenvalue weighted by Gasteiger charge is -2.37. The van der Waals surface area contributed by atoms with Crippen LogP contribution in [0.15, 0.2) is 29.2 Å². The molecule has 0 spiro atoms. The smallest absolute Gasteiger partial charge is 0.410 e. The van der Waals surface area contributed by atoms with Gasteiger partial charge in [-0.15, -0.1) is 0 Å². The summed E-state index contributed by atoms with van der Waals surface area (Å²) in [6.07, 6.45) is 1.89. The third-order valence-electron chi connectivity index (χ3n) is 4.78. The Bertz CT molecular complexity index is 858.